The maximum atomic E-state index is 12.4. The Morgan fingerprint density at radius 1 is 1.27 bits per heavy atom. The van der Waals surface area contributed by atoms with Crippen molar-refractivity contribution >= 4 is 9.84 Å². The summed E-state index contributed by atoms with van der Waals surface area (Å²) in [6.07, 6.45) is 5.36. The second-order valence-corrected chi connectivity index (χ2v) is 8.71. The molecule has 0 bridgehead atoms. The molecule has 0 unspecified atom stereocenters. The normalized spacial score (nSPS) is 12.4. The van der Waals surface area contributed by atoms with Gasteiger partial charge in [-0.1, -0.05) is 6.92 Å². The lowest BCUT2D eigenvalue weighted by Gasteiger charge is -2.26. The van der Waals surface area contributed by atoms with Gasteiger partial charge in [0.15, 0.2) is 0 Å². The summed E-state index contributed by atoms with van der Waals surface area (Å²) in [7, 11) is 0.181. The first-order valence-corrected chi connectivity index (χ1v) is 10.4. The van der Waals surface area contributed by atoms with Gasteiger partial charge in [0.25, 0.3) is 0 Å². The van der Waals surface area contributed by atoms with E-state index in [1.807, 2.05) is 17.8 Å². The van der Waals surface area contributed by atoms with Gasteiger partial charge in [-0.3, -0.25) is 4.90 Å². The molecule has 0 aliphatic heterocycles. The molecule has 0 aromatic carbocycles. The van der Waals surface area contributed by atoms with Crippen LogP contribution >= 0.6 is 0 Å². The number of ether oxygens (including phenoxy) is 1. The zero-order valence-corrected chi connectivity index (χ0v) is 17.0. The van der Waals surface area contributed by atoms with Crippen LogP contribution in [0.25, 0.3) is 0 Å². The Morgan fingerprint density at radius 2 is 2.00 bits per heavy atom. The molecule has 8 nitrogen and oxygen atoms in total. The molecule has 26 heavy (non-hydrogen) atoms. The minimum absolute atomic E-state index is 0.0254. The van der Waals surface area contributed by atoms with Crippen LogP contribution < -0.4 is 0 Å². The van der Waals surface area contributed by atoms with E-state index in [4.69, 9.17) is 4.74 Å². The van der Waals surface area contributed by atoms with Crippen molar-refractivity contribution in [1.82, 2.24) is 24.0 Å². The number of aromatic nitrogens is 4. The highest BCUT2D eigenvalue weighted by atomic mass is 32.2. The molecule has 0 aliphatic rings. The third-order valence-corrected chi connectivity index (χ3v) is 6.08. The van der Waals surface area contributed by atoms with E-state index in [-0.39, 0.29) is 17.0 Å². The van der Waals surface area contributed by atoms with E-state index in [2.05, 4.69) is 28.7 Å². The second kappa shape index (κ2) is 8.79. The molecule has 0 aliphatic carbocycles. The molecule has 0 saturated carbocycles. The predicted octanol–water partition coefficient (Wildman–Crippen LogP) is 1.47. The monoisotopic (exact) mass is 383 g/mol. The molecule has 0 N–H and O–H groups in total. The SMILES string of the molecule is CCS(=O)(=O)c1ncc(CN(Cc2nccn2C)C(C)C)n1CCOC. The molecule has 0 fully saturated rings. The largest absolute Gasteiger partial charge is 0.383 e. The van der Waals surface area contributed by atoms with E-state index in [0.717, 1.165) is 11.5 Å². The fourth-order valence-corrected chi connectivity index (χ4v) is 3.69. The molecule has 2 heterocycles. The predicted molar refractivity (Wildman–Crippen MR) is 99.4 cm³/mol. The third-order valence-electron chi connectivity index (χ3n) is 4.44. The Morgan fingerprint density at radius 3 is 2.54 bits per heavy atom. The van der Waals surface area contributed by atoms with Crippen molar-refractivity contribution in [3.63, 3.8) is 0 Å². The maximum absolute atomic E-state index is 12.4. The van der Waals surface area contributed by atoms with Gasteiger partial charge in [-0.15, -0.1) is 0 Å². The van der Waals surface area contributed by atoms with E-state index in [0.29, 0.717) is 26.2 Å². The van der Waals surface area contributed by atoms with Gasteiger partial charge < -0.3 is 13.9 Å². The van der Waals surface area contributed by atoms with Crippen LogP contribution in [0.15, 0.2) is 23.7 Å². The topological polar surface area (TPSA) is 82.3 Å². The summed E-state index contributed by atoms with van der Waals surface area (Å²) in [5.74, 6) is 0.987. The number of methoxy groups -OCH3 is 1. The lowest BCUT2D eigenvalue weighted by Crippen LogP contribution is -2.32. The zero-order valence-electron chi connectivity index (χ0n) is 16.2. The highest BCUT2D eigenvalue weighted by Crippen LogP contribution is 2.17. The fourth-order valence-electron chi connectivity index (χ4n) is 2.68. The molecule has 0 amide bonds. The molecule has 9 heteroatoms. The quantitative estimate of drug-likeness (QED) is 0.618. The van der Waals surface area contributed by atoms with Crippen LogP contribution in [0.3, 0.4) is 0 Å². The number of rotatable bonds is 10. The van der Waals surface area contributed by atoms with Crippen LogP contribution in [0.1, 0.15) is 32.3 Å². The van der Waals surface area contributed by atoms with Crippen LogP contribution in [0.5, 0.6) is 0 Å². The van der Waals surface area contributed by atoms with Crippen LogP contribution in [0, 0.1) is 0 Å². The average Bonchev–Trinajstić information content (AvgIpc) is 3.19. The summed E-state index contributed by atoms with van der Waals surface area (Å²) in [6, 6.07) is 0.267. The van der Waals surface area contributed by atoms with Crippen molar-refractivity contribution < 1.29 is 13.2 Å². The molecule has 2 aromatic heterocycles. The minimum Gasteiger partial charge on any atom is -0.383 e. The fraction of sp³-hybridized carbons (Fsp3) is 0.647. The lowest BCUT2D eigenvalue weighted by molar-refractivity contribution is 0.172. The van der Waals surface area contributed by atoms with Gasteiger partial charge in [0, 0.05) is 45.7 Å². The Kier molecular flexibility index (Phi) is 6.96. The van der Waals surface area contributed by atoms with E-state index in [1.165, 1.54) is 0 Å². The van der Waals surface area contributed by atoms with Crippen molar-refractivity contribution in [2.75, 3.05) is 19.5 Å². The van der Waals surface area contributed by atoms with E-state index >= 15 is 0 Å². The minimum atomic E-state index is -3.39. The van der Waals surface area contributed by atoms with E-state index < -0.39 is 9.84 Å². The van der Waals surface area contributed by atoms with Gasteiger partial charge in [0.05, 0.1) is 30.8 Å². The number of sulfone groups is 1. The van der Waals surface area contributed by atoms with Crippen molar-refractivity contribution in [3.05, 3.63) is 30.1 Å². The number of aryl methyl sites for hydroxylation is 1. The number of imidazole rings is 2. The zero-order chi connectivity index (χ0) is 19.3. The van der Waals surface area contributed by atoms with Gasteiger partial charge in [0.2, 0.25) is 15.0 Å². The van der Waals surface area contributed by atoms with Crippen LogP contribution in [0.2, 0.25) is 0 Å². The number of hydrogen-bond donors (Lipinski definition) is 0. The van der Waals surface area contributed by atoms with Crippen molar-refractivity contribution in [2.45, 2.75) is 51.6 Å². The molecular formula is C17H29N5O3S. The molecule has 0 radical (unpaired) electrons. The Hall–Kier alpha value is -1.71. The van der Waals surface area contributed by atoms with Crippen LogP contribution in [-0.4, -0.2) is 57.9 Å². The molecule has 0 spiro atoms. The van der Waals surface area contributed by atoms with Gasteiger partial charge in [-0.2, -0.15) is 0 Å². The van der Waals surface area contributed by atoms with Crippen LogP contribution in [0.4, 0.5) is 0 Å². The van der Waals surface area contributed by atoms with E-state index in [1.54, 1.807) is 31.0 Å². The Labute approximate surface area is 155 Å². The van der Waals surface area contributed by atoms with Gasteiger partial charge in [0.1, 0.15) is 5.82 Å². The van der Waals surface area contributed by atoms with Crippen molar-refractivity contribution in [2.24, 2.45) is 7.05 Å². The maximum Gasteiger partial charge on any atom is 0.227 e. The summed E-state index contributed by atoms with van der Waals surface area (Å²) in [6.45, 7) is 8.00. The summed E-state index contributed by atoms with van der Waals surface area (Å²) in [5.41, 5.74) is 0.858. The molecule has 2 aromatic rings. The van der Waals surface area contributed by atoms with Gasteiger partial charge in [-0.25, -0.2) is 18.4 Å². The number of hydrogen-bond acceptors (Lipinski definition) is 6. The van der Waals surface area contributed by atoms with Crippen molar-refractivity contribution in [3.8, 4) is 0 Å². The summed E-state index contributed by atoms with van der Waals surface area (Å²) in [4.78, 5) is 10.8. The van der Waals surface area contributed by atoms with E-state index in [9.17, 15) is 8.42 Å². The molecular weight excluding hydrogens is 354 g/mol. The average molecular weight is 384 g/mol. The smallest absolute Gasteiger partial charge is 0.227 e. The summed E-state index contributed by atoms with van der Waals surface area (Å²) < 4.78 is 33.6. The second-order valence-electron chi connectivity index (χ2n) is 6.53. The van der Waals surface area contributed by atoms with Gasteiger partial charge in [-0.05, 0) is 13.8 Å². The molecule has 146 valence electrons. The highest BCUT2D eigenvalue weighted by Gasteiger charge is 2.23. The van der Waals surface area contributed by atoms with Crippen molar-refractivity contribution in [1.29, 1.82) is 0 Å². The Bertz CT molecular complexity index is 810. The molecule has 0 atom stereocenters. The standard InChI is InChI=1S/C17H29N5O3S/c1-6-26(23,24)17-19-11-15(22(17)9-10-25-5)12-21(14(2)3)13-16-18-7-8-20(16)4/h7-8,11,14H,6,9-10,12-13H2,1-5H3. The lowest BCUT2D eigenvalue weighted by atomic mass is 10.3. The first kappa shape index (κ1) is 20.6. The summed E-state index contributed by atoms with van der Waals surface area (Å²) >= 11 is 0. The summed E-state index contributed by atoms with van der Waals surface area (Å²) in [5, 5.41) is 0.118. The first-order chi connectivity index (χ1) is 12.3. The highest BCUT2D eigenvalue weighted by molar-refractivity contribution is 7.91. The third kappa shape index (κ3) is 4.72. The molecule has 0 saturated heterocycles. The number of nitrogens with zero attached hydrogens (tertiary/aromatic N) is 5. The Balaban J connectivity index is 2.31. The van der Waals surface area contributed by atoms with Crippen LogP contribution in [-0.2, 0) is 41.3 Å². The first-order valence-electron chi connectivity index (χ1n) is 8.76. The molecule has 2 rings (SSSR count). The van der Waals surface area contributed by atoms with Gasteiger partial charge >= 0.3 is 0 Å².